The average Bonchev–Trinajstić information content (AvgIpc) is 3.18. The van der Waals surface area contributed by atoms with Gasteiger partial charge in [-0.2, -0.15) is 0 Å². The van der Waals surface area contributed by atoms with Crippen molar-refractivity contribution >= 4 is 11.8 Å². The first-order valence-corrected chi connectivity index (χ1v) is 14.1. The van der Waals surface area contributed by atoms with E-state index in [1.807, 2.05) is 0 Å². The van der Waals surface area contributed by atoms with Crippen molar-refractivity contribution in [2.75, 3.05) is 13.2 Å². The average molecular weight is 458 g/mol. The molecule has 3 aliphatic carbocycles. The van der Waals surface area contributed by atoms with E-state index in [1.165, 1.54) is 25.2 Å². The maximum Gasteiger partial charge on any atom is 0.138 e. The first-order valence-electron chi connectivity index (χ1n) is 13.1. The molecule has 1 heterocycles. The van der Waals surface area contributed by atoms with Crippen molar-refractivity contribution in [1.29, 1.82) is 0 Å². The largest absolute Gasteiger partial charge is 0.375 e. The van der Waals surface area contributed by atoms with Gasteiger partial charge in [-0.25, -0.2) is 8.78 Å². The van der Waals surface area contributed by atoms with Crippen molar-refractivity contribution in [2.45, 2.75) is 126 Å². The van der Waals surface area contributed by atoms with Gasteiger partial charge in [0.05, 0.1) is 18.8 Å². The highest BCUT2D eigenvalue weighted by atomic mass is 32.2. The number of fused-ring (bicyclic) bond motifs is 3. The molecule has 3 saturated carbocycles. The summed E-state index contributed by atoms with van der Waals surface area (Å²) in [5.74, 6) is 2.97. The van der Waals surface area contributed by atoms with E-state index in [4.69, 9.17) is 9.47 Å². The fourth-order valence-electron chi connectivity index (χ4n) is 6.51. The van der Waals surface area contributed by atoms with E-state index < -0.39 is 12.3 Å². The van der Waals surface area contributed by atoms with Crippen LogP contribution in [0, 0.1) is 23.7 Å². The molecule has 0 aromatic carbocycles. The lowest BCUT2D eigenvalue weighted by atomic mass is 9.71. The van der Waals surface area contributed by atoms with E-state index in [0.717, 1.165) is 63.7 Å². The molecule has 5 heteroatoms. The third-order valence-corrected chi connectivity index (χ3v) is 10.4. The molecule has 0 bridgehead atoms. The standard InChI is InChI=1S/C26H43F2O2S/c1-3-5-6-15-29-21-13-11-19-20-12-14-22(24(28)26(20)31-25(19)23(21)27)30-16-18-9-7-17(4-2)8-10-18/h17,19-26H,3-16H2,1-2H3. The van der Waals surface area contributed by atoms with Crippen molar-refractivity contribution < 1.29 is 18.3 Å². The van der Waals surface area contributed by atoms with Crippen molar-refractivity contribution in [3.8, 4) is 0 Å². The van der Waals surface area contributed by atoms with E-state index in [2.05, 4.69) is 13.8 Å². The molecule has 0 spiro atoms. The Balaban J connectivity index is 1.26. The molecule has 0 amide bonds. The van der Waals surface area contributed by atoms with Gasteiger partial charge in [0.2, 0.25) is 0 Å². The minimum atomic E-state index is -0.960. The van der Waals surface area contributed by atoms with Gasteiger partial charge in [0.25, 0.3) is 0 Å². The monoisotopic (exact) mass is 457 g/mol. The zero-order valence-electron chi connectivity index (χ0n) is 19.6. The van der Waals surface area contributed by atoms with Crippen molar-refractivity contribution in [3.63, 3.8) is 0 Å². The Morgan fingerprint density at radius 3 is 2.00 bits per heavy atom. The predicted molar refractivity (Wildman–Crippen MR) is 125 cm³/mol. The SMILES string of the molecule is CCCCCOC1CCC2C3CCC(OC[C]4CCC(CC)CC4)C(F)C3SC2C1F. The van der Waals surface area contributed by atoms with E-state index in [9.17, 15) is 0 Å². The van der Waals surface area contributed by atoms with Gasteiger partial charge in [0, 0.05) is 23.0 Å². The maximum absolute atomic E-state index is 15.5. The van der Waals surface area contributed by atoms with Gasteiger partial charge in [-0.05, 0) is 75.5 Å². The van der Waals surface area contributed by atoms with Gasteiger partial charge in [0.15, 0.2) is 0 Å². The summed E-state index contributed by atoms with van der Waals surface area (Å²) in [4.78, 5) is 0. The van der Waals surface area contributed by atoms with Gasteiger partial charge in [-0.1, -0.05) is 33.1 Å². The molecular formula is C26H43F2O2S. The van der Waals surface area contributed by atoms with Crippen LogP contribution >= 0.6 is 11.8 Å². The highest BCUT2D eigenvalue weighted by Crippen LogP contribution is 2.56. The number of thioether (sulfide) groups is 1. The van der Waals surface area contributed by atoms with Gasteiger partial charge in [0.1, 0.15) is 12.3 Å². The highest BCUT2D eigenvalue weighted by molar-refractivity contribution is 8.00. The lowest BCUT2D eigenvalue weighted by molar-refractivity contribution is -0.0541. The zero-order chi connectivity index (χ0) is 21.8. The summed E-state index contributed by atoms with van der Waals surface area (Å²) in [5, 5.41) is -0.178. The number of unbranched alkanes of at least 4 members (excludes halogenated alkanes) is 2. The Morgan fingerprint density at radius 2 is 1.42 bits per heavy atom. The summed E-state index contributed by atoms with van der Waals surface area (Å²) in [5.41, 5.74) is 0. The van der Waals surface area contributed by atoms with Crippen molar-refractivity contribution in [1.82, 2.24) is 0 Å². The second kappa shape index (κ2) is 11.5. The van der Waals surface area contributed by atoms with Gasteiger partial charge in [-0.15, -0.1) is 11.8 Å². The van der Waals surface area contributed by atoms with Gasteiger partial charge < -0.3 is 9.47 Å². The number of alkyl halides is 2. The molecule has 4 fully saturated rings. The predicted octanol–water partition coefficient (Wildman–Crippen LogP) is 7.10. The molecule has 4 aliphatic rings. The van der Waals surface area contributed by atoms with Gasteiger partial charge >= 0.3 is 0 Å². The van der Waals surface area contributed by atoms with Crippen LogP contribution in [0.1, 0.15) is 90.9 Å². The number of hydrogen-bond acceptors (Lipinski definition) is 3. The van der Waals surface area contributed by atoms with Crippen LogP contribution in [0.2, 0.25) is 0 Å². The molecular weight excluding hydrogens is 414 g/mol. The molecule has 0 N–H and O–H groups in total. The van der Waals surface area contributed by atoms with Crippen LogP contribution in [0.5, 0.6) is 0 Å². The summed E-state index contributed by atoms with van der Waals surface area (Å²) in [6, 6.07) is 0. The fraction of sp³-hybridized carbons (Fsp3) is 0.962. The summed E-state index contributed by atoms with van der Waals surface area (Å²) in [7, 11) is 0. The third kappa shape index (κ3) is 5.62. The molecule has 8 atom stereocenters. The molecule has 0 aromatic heterocycles. The van der Waals surface area contributed by atoms with Crippen LogP contribution in [0.25, 0.3) is 0 Å². The molecule has 1 aliphatic heterocycles. The Labute approximate surface area is 193 Å². The normalized spacial score (nSPS) is 41.8. The van der Waals surface area contributed by atoms with Crippen molar-refractivity contribution in [3.05, 3.63) is 5.92 Å². The van der Waals surface area contributed by atoms with E-state index in [-0.39, 0.29) is 22.7 Å². The van der Waals surface area contributed by atoms with Crippen LogP contribution in [-0.4, -0.2) is 48.3 Å². The summed E-state index contributed by atoms with van der Waals surface area (Å²) < 4.78 is 42.9. The molecule has 2 nitrogen and oxygen atoms in total. The number of rotatable bonds is 9. The molecule has 179 valence electrons. The summed E-state index contributed by atoms with van der Waals surface area (Å²) in [6.07, 6.45) is 10.5. The Bertz CT molecular complexity index is 542. The maximum atomic E-state index is 15.5. The van der Waals surface area contributed by atoms with E-state index in [1.54, 1.807) is 11.8 Å². The smallest absolute Gasteiger partial charge is 0.138 e. The molecule has 4 rings (SSSR count). The Morgan fingerprint density at radius 1 is 0.806 bits per heavy atom. The highest BCUT2D eigenvalue weighted by Gasteiger charge is 2.56. The molecule has 8 unspecified atom stereocenters. The first-order chi connectivity index (χ1) is 15.1. The third-order valence-electron chi connectivity index (χ3n) is 8.59. The minimum absolute atomic E-state index is 0.0874. The summed E-state index contributed by atoms with van der Waals surface area (Å²) in [6.45, 7) is 5.74. The molecule has 0 aromatic rings. The van der Waals surface area contributed by atoms with Crippen molar-refractivity contribution in [2.24, 2.45) is 17.8 Å². The number of ether oxygens (including phenoxy) is 2. The number of halogens is 2. The molecule has 31 heavy (non-hydrogen) atoms. The summed E-state index contributed by atoms with van der Waals surface area (Å²) >= 11 is 1.59. The zero-order valence-corrected chi connectivity index (χ0v) is 20.4. The van der Waals surface area contributed by atoms with Gasteiger partial charge in [-0.3, -0.25) is 0 Å². The van der Waals surface area contributed by atoms with Crippen LogP contribution in [0.3, 0.4) is 0 Å². The Kier molecular flexibility index (Phi) is 9.01. The van der Waals surface area contributed by atoms with E-state index in [0.29, 0.717) is 25.0 Å². The first kappa shape index (κ1) is 24.3. The topological polar surface area (TPSA) is 18.5 Å². The quantitative estimate of drug-likeness (QED) is 0.344. The molecule has 1 radical (unpaired) electrons. The molecule has 1 saturated heterocycles. The minimum Gasteiger partial charge on any atom is -0.375 e. The van der Waals surface area contributed by atoms with Crippen LogP contribution in [0.4, 0.5) is 8.78 Å². The second-order valence-corrected chi connectivity index (χ2v) is 11.9. The lowest BCUT2D eigenvalue weighted by Crippen LogP contribution is -2.45. The van der Waals surface area contributed by atoms with Crippen LogP contribution in [-0.2, 0) is 9.47 Å². The lowest BCUT2D eigenvalue weighted by Gasteiger charge is -2.39. The Hall–Kier alpha value is 0.130. The second-order valence-electron chi connectivity index (χ2n) is 10.5. The number of hydrogen-bond donors (Lipinski definition) is 0. The van der Waals surface area contributed by atoms with Crippen LogP contribution in [0.15, 0.2) is 0 Å². The fourth-order valence-corrected chi connectivity index (χ4v) is 8.60. The van der Waals surface area contributed by atoms with Crippen LogP contribution < -0.4 is 0 Å². The van der Waals surface area contributed by atoms with E-state index >= 15 is 8.78 Å².